The minimum atomic E-state index is 0.554. The largest absolute Gasteiger partial charge is 0.361 e. The molecule has 1 fully saturated rings. The molecule has 0 saturated carbocycles. The lowest BCUT2D eigenvalue weighted by Crippen LogP contribution is -2.56. The van der Waals surface area contributed by atoms with Crippen LogP contribution in [-0.2, 0) is 6.54 Å². The van der Waals surface area contributed by atoms with E-state index in [1.54, 1.807) is 0 Å². The van der Waals surface area contributed by atoms with Crippen LogP contribution < -0.4 is 5.32 Å². The second-order valence-corrected chi connectivity index (χ2v) is 5.48. The minimum absolute atomic E-state index is 0.554. The first kappa shape index (κ1) is 12.6. The van der Waals surface area contributed by atoms with Crippen molar-refractivity contribution in [1.29, 1.82) is 0 Å². The summed E-state index contributed by atoms with van der Waals surface area (Å²) in [5.41, 5.74) is 1.04. The Morgan fingerprint density at radius 2 is 2.35 bits per heavy atom. The van der Waals surface area contributed by atoms with Crippen LogP contribution in [-0.4, -0.2) is 35.2 Å². The van der Waals surface area contributed by atoms with E-state index < -0.39 is 0 Å². The number of hydrogen-bond donors (Lipinski definition) is 1. The molecule has 0 spiro atoms. The molecular formula is C13H23N3O. The van der Waals surface area contributed by atoms with E-state index in [-0.39, 0.29) is 0 Å². The number of nitrogens with one attached hydrogen (secondary N) is 1. The molecule has 2 atom stereocenters. The van der Waals surface area contributed by atoms with Gasteiger partial charge in [0.15, 0.2) is 0 Å². The predicted molar refractivity (Wildman–Crippen MR) is 67.7 cm³/mol. The Balaban J connectivity index is 2.04. The van der Waals surface area contributed by atoms with Crippen molar-refractivity contribution in [3.8, 4) is 0 Å². The molecule has 4 heteroatoms. The van der Waals surface area contributed by atoms with Gasteiger partial charge in [-0.1, -0.05) is 19.0 Å². The van der Waals surface area contributed by atoms with E-state index >= 15 is 0 Å². The van der Waals surface area contributed by atoms with Gasteiger partial charge in [0, 0.05) is 37.8 Å². The van der Waals surface area contributed by atoms with E-state index in [1.165, 1.54) is 0 Å². The summed E-state index contributed by atoms with van der Waals surface area (Å²) in [6, 6.07) is 3.17. The lowest BCUT2D eigenvalue weighted by atomic mass is 9.98. The lowest BCUT2D eigenvalue weighted by molar-refractivity contribution is 0.0931. The van der Waals surface area contributed by atoms with Crippen molar-refractivity contribution in [1.82, 2.24) is 15.4 Å². The SMILES string of the molecule is Cc1cc(CN2CC(C)NCC2C(C)C)no1. The molecule has 0 aliphatic carbocycles. The van der Waals surface area contributed by atoms with Crippen LogP contribution >= 0.6 is 0 Å². The van der Waals surface area contributed by atoms with Gasteiger partial charge in [-0.25, -0.2) is 0 Å². The molecule has 1 saturated heterocycles. The van der Waals surface area contributed by atoms with Gasteiger partial charge < -0.3 is 9.84 Å². The first-order valence-electron chi connectivity index (χ1n) is 6.46. The lowest BCUT2D eigenvalue weighted by Gasteiger charge is -2.41. The van der Waals surface area contributed by atoms with Gasteiger partial charge in [-0.05, 0) is 19.8 Å². The van der Waals surface area contributed by atoms with Gasteiger partial charge in [0.2, 0.25) is 0 Å². The first-order valence-corrected chi connectivity index (χ1v) is 6.46. The fraction of sp³-hybridized carbons (Fsp3) is 0.769. The number of aryl methyl sites for hydroxylation is 1. The summed E-state index contributed by atoms with van der Waals surface area (Å²) < 4.78 is 5.14. The predicted octanol–water partition coefficient (Wildman–Crippen LogP) is 1.80. The van der Waals surface area contributed by atoms with Crippen LogP contribution in [0, 0.1) is 12.8 Å². The average molecular weight is 237 g/mol. The Bertz CT molecular complexity index is 361. The second kappa shape index (κ2) is 5.19. The van der Waals surface area contributed by atoms with Gasteiger partial charge in [0.05, 0.1) is 5.69 Å². The topological polar surface area (TPSA) is 41.3 Å². The monoisotopic (exact) mass is 237 g/mol. The van der Waals surface area contributed by atoms with Crippen LogP contribution in [0.5, 0.6) is 0 Å². The minimum Gasteiger partial charge on any atom is -0.361 e. The van der Waals surface area contributed by atoms with Crippen LogP contribution in [0.25, 0.3) is 0 Å². The van der Waals surface area contributed by atoms with Crippen LogP contribution in [0.2, 0.25) is 0 Å². The summed E-state index contributed by atoms with van der Waals surface area (Å²) in [5, 5.41) is 7.64. The molecule has 2 unspecified atom stereocenters. The van der Waals surface area contributed by atoms with Crippen LogP contribution in [0.3, 0.4) is 0 Å². The summed E-state index contributed by atoms with van der Waals surface area (Å²) in [7, 11) is 0. The summed E-state index contributed by atoms with van der Waals surface area (Å²) >= 11 is 0. The molecule has 1 aromatic heterocycles. The molecule has 96 valence electrons. The van der Waals surface area contributed by atoms with Crippen molar-refractivity contribution >= 4 is 0 Å². The zero-order valence-corrected chi connectivity index (χ0v) is 11.2. The summed E-state index contributed by atoms with van der Waals surface area (Å²) in [5.74, 6) is 1.55. The summed E-state index contributed by atoms with van der Waals surface area (Å²) in [6.45, 7) is 11.8. The molecule has 1 aliphatic rings. The van der Waals surface area contributed by atoms with E-state index in [2.05, 4.69) is 36.1 Å². The zero-order chi connectivity index (χ0) is 12.4. The van der Waals surface area contributed by atoms with Crippen LogP contribution in [0.4, 0.5) is 0 Å². The van der Waals surface area contributed by atoms with Crippen molar-refractivity contribution in [2.75, 3.05) is 13.1 Å². The average Bonchev–Trinajstić information content (AvgIpc) is 2.63. The molecule has 0 radical (unpaired) electrons. The van der Waals surface area contributed by atoms with E-state index in [9.17, 15) is 0 Å². The molecule has 1 aliphatic heterocycles. The Kier molecular flexibility index (Phi) is 3.84. The quantitative estimate of drug-likeness (QED) is 0.870. The molecule has 2 heterocycles. The highest BCUT2D eigenvalue weighted by molar-refractivity contribution is 5.04. The fourth-order valence-corrected chi connectivity index (χ4v) is 2.54. The van der Waals surface area contributed by atoms with Gasteiger partial charge in [0.1, 0.15) is 5.76 Å². The number of nitrogens with zero attached hydrogens (tertiary/aromatic N) is 2. The normalized spacial score (nSPS) is 26.6. The molecule has 1 aromatic rings. The Hall–Kier alpha value is -0.870. The molecule has 4 nitrogen and oxygen atoms in total. The molecule has 0 aromatic carbocycles. The number of aromatic nitrogens is 1. The molecular weight excluding hydrogens is 214 g/mol. The van der Waals surface area contributed by atoms with Crippen LogP contribution in [0.15, 0.2) is 10.6 Å². The smallest absolute Gasteiger partial charge is 0.133 e. The number of piperazine rings is 1. The highest BCUT2D eigenvalue weighted by Gasteiger charge is 2.28. The van der Waals surface area contributed by atoms with Crippen molar-refractivity contribution in [2.24, 2.45) is 5.92 Å². The molecule has 0 bridgehead atoms. The van der Waals surface area contributed by atoms with Crippen LogP contribution in [0.1, 0.15) is 32.2 Å². The summed E-state index contributed by atoms with van der Waals surface area (Å²) in [4.78, 5) is 2.52. The van der Waals surface area contributed by atoms with E-state index in [0.29, 0.717) is 18.0 Å². The Morgan fingerprint density at radius 1 is 1.59 bits per heavy atom. The first-order chi connectivity index (χ1) is 8.06. The third-order valence-corrected chi connectivity index (χ3v) is 3.46. The Labute approximate surface area is 103 Å². The van der Waals surface area contributed by atoms with E-state index in [0.717, 1.165) is 31.1 Å². The second-order valence-electron chi connectivity index (χ2n) is 5.48. The number of hydrogen-bond acceptors (Lipinski definition) is 4. The third kappa shape index (κ3) is 3.07. The van der Waals surface area contributed by atoms with Gasteiger partial charge in [-0.15, -0.1) is 0 Å². The maximum Gasteiger partial charge on any atom is 0.133 e. The Morgan fingerprint density at radius 3 is 2.94 bits per heavy atom. The van der Waals surface area contributed by atoms with E-state index in [1.807, 2.05) is 13.0 Å². The highest BCUT2D eigenvalue weighted by atomic mass is 16.5. The van der Waals surface area contributed by atoms with Crippen molar-refractivity contribution in [2.45, 2.75) is 46.3 Å². The van der Waals surface area contributed by atoms with E-state index in [4.69, 9.17) is 4.52 Å². The van der Waals surface area contributed by atoms with Gasteiger partial charge >= 0.3 is 0 Å². The van der Waals surface area contributed by atoms with Crippen molar-refractivity contribution < 1.29 is 4.52 Å². The number of rotatable bonds is 3. The molecule has 0 amide bonds. The standard InChI is InChI=1S/C13H23N3O/c1-9(2)13-6-14-10(3)7-16(13)8-12-5-11(4)17-15-12/h5,9-10,13-14H,6-8H2,1-4H3. The molecule has 1 N–H and O–H groups in total. The van der Waals surface area contributed by atoms with Crippen molar-refractivity contribution in [3.63, 3.8) is 0 Å². The maximum atomic E-state index is 5.14. The highest BCUT2D eigenvalue weighted by Crippen LogP contribution is 2.18. The molecule has 2 rings (SSSR count). The van der Waals surface area contributed by atoms with Crippen molar-refractivity contribution in [3.05, 3.63) is 17.5 Å². The van der Waals surface area contributed by atoms with Gasteiger partial charge in [-0.2, -0.15) is 0 Å². The van der Waals surface area contributed by atoms with Gasteiger partial charge in [0.25, 0.3) is 0 Å². The zero-order valence-electron chi connectivity index (χ0n) is 11.2. The summed E-state index contributed by atoms with van der Waals surface area (Å²) in [6.07, 6.45) is 0. The third-order valence-electron chi connectivity index (χ3n) is 3.46. The van der Waals surface area contributed by atoms with Gasteiger partial charge in [-0.3, -0.25) is 4.90 Å². The molecule has 17 heavy (non-hydrogen) atoms. The fourth-order valence-electron chi connectivity index (χ4n) is 2.54. The maximum absolute atomic E-state index is 5.14.